The first kappa shape index (κ1) is 19.4. The summed E-state index contributed by atoms with van der Waals surface area (Å²) in [6.45, 7) is 4.18. The molecule has 0 radical (unpaired) electrons. The molecule has 0 fully saturated rings. The van der Waals surface area contributed by atoms with E-state index in [2.05, 4.69) is 0 Å². The van der Waals surface area contributed by atoms with Crippen molar-refractivity contribution in [3.63, 3.8) is 0 Å². The molecule has 1 aliphatic heterocycles. The zero-order valence-corrected chi connectivity index (χ0v) is 16.5. The lowest BCUT2D eigenvalue weighted by Crippen LogP contribution is -2.24. The van der Waals surface area contributed by atoms with Crippen LogP contribution in [0.1, 0.15) is 23.6 Å². The van der Waals surface area contributed by atoms with E-state index in [1.54, 1.807) is 25.0 Å². The van der Waals surface area contributed by atoms with E-state index in [4.69, 9.17) is 9.47 Å². The second-order valence-electron chi connectivity index (χ2n) is 6.66. The number of benzene rings is 2. The lowest BCUT2D eigenvalue weighted by atomic mass is 10.0. The molecule has 0 aliphatic carbocycles. The molecule has 0 atom stereocenters. The Morgan fingerprint density at radius 3 is 2.21 bits per heavy atom. The molecule has 0 saturated carbocycles. The average Bonchev–Trinajstić information content (AvgIpc) is 2.94. The van der Waals surface area contributed by atoms with Crippen molar-refractivity contribution in [1.82, 2.24) is 4.90 Å². The molecular weight excluding hydrogens is 354 g/mol. The van der Waals surface area contributed by atoms with Crippen LogP contribution in [-0.2, 0) is 20.9 Å². The Bertz CT molecular complexity index is 953. The van der Waals surface area contributed by atoms with Crippen LogP contribution in [0.2, 0.25) is 0 Å². The van der Waals surface area contributed by atoms with Gasteiger partial charge in [-0.1, -0.05) is 42.0 Å². The molecule has 3 rings (SSSR count). The Labute approximate surface area is 164 Å². The van der Waals surface area contributed by atoms with Crippen molar-refractivity contribution >= 4 is 18.0 Å². The summed E-state index contributed by atoms with van der Waals surface area (Å²) in [5.41, 5.74) is 4.18. The molecule has 0 unspecified atom stereocenters. The van der Waals surface area contributed by atoms with Crippen LogP contribution in [0.3, 0.4) is 0 Å². The number of aryl methyl sites for hydroxylation is 1. The van der Waals surface area contributed by atoms with E-state index in [1.807, 2.05) is 55.5 Å². The van der Waals surface area contributed by atoms with Crippen LogP contribution >= 0.6 is 0 Å². The quantitative estimate of drug-likeness (QED) is 0.586. The van der Waals surface area contributed by atoms with E-state index < -0.39 is 5.97 Å². The fourth-order valence-corrected chi connectivity index (χ4v) is 3.16. The summed E-state index contributed by atoms with van der Waals surface area (Å²) in [6.07, 6.45) is 1.71. The van der Waals surface area contributed by atoms with Crippen LogP contribution in [0, 0.1) is 6.92 Å². The highest BCUT2D eigenvalue weighted by atomic mass is 16.5. The summed E-state index contributed by atoms with van der Waals surface area (Å²) in [4.78, 5) is 27.1. The Morgan fingerprint density at radius 2 is 1.64 bits per heavy atom. The number of nitrogens with zero attached hydrogens (tertiary/aromatic N) is 1. The van der Waals surface area contributed by atoms with Crippen molar-refractivity contribution in [2.45, 2.75) is 20.4 Å². The van der Waals surface area contributed by atoms with Crippen LogP contribution in [0.4, 0.5) is 0 Å². The monoisotopic (exact) mass is 377 g/mol. The second kappa shape index (κ2) is 8.13. The SMILES string of the molecule is COC(=O)C1=C(C)N(Cc2ccc(C)cc2)C(=O)/C1=C\c1ccc(OC)cc1. The number of carbonyl (C=O) groups excluding carboxylic acids is 2. The Balaban J connectivity index is 1.98. The van der Waals surface area contributed by atoms with Gasteiger partial charge in [0.05, 0.1) is 31.9 Å². The average molecular weight is 377 g/mol. The van der Waals surface area contributed by atoms with E-state index in [9.17, 15) is 9.59 Å². The van der Waals surface area contributed by atoms with Crippen molar-refractivity contribution in [2.24, 2.45) is 0 Å². The van der Waals surface area contributed by atoms with Gasteiger partial charge in [0.2, 0.25) is 0 Å². The van der Waals surface area contributed by atoms with Crippen LogP contribution in [-0.4, -0.2) is 31.0 Å². The number of amides is 1. The second-order valence-corrected chi connectivity index (χ2v) is 6.66. The van der Waals surface area contributed by atoms with Gasteiger partial charge in [-0.15, -0.1) is 0 Å². The number of ether oxygens (including phenoxy) is 2. The molecular formula is C23H23NO4. The maximum atomic E-state index is 13.1. The molecule has 0 saturated heterocycles. The van der Waals surface area contributed by atoms with Gasteiger partial charge < -0.3 is 14.4 Å². The summed E-state index contributed by atoms with van der Waals surface area (Å²) in [7, 11) is 2.92. The highest BCUT2D eigenvalue weighted by Gasteiger charge is 2.36. The van der Waals surface area contributed by atoms with Crippen LogP contribution in [0.5, 0.6) is 5.75 Å². The standard InChI is InChI=1S/C23H23NO4/c1-15-5-7-18(8-6-15)14-24-16(2)21(23(26)28-4)20(22(24)25)13-17-9-11-19(27-3)12-10-17/h5-13H,14H2,1-4H3/b20-13-. The third-order valence-corrected chi connectivity index (χ3v) is 4.79. The van der Waals surface area contributed by atoms with Gasteiger partial charge in [-0.25, -0.2) is 4.79 Å². The molecule has 0 aromatic heterocycles. The van der Waals surface area contributed by atoms with Gasteiger partial charge in [0.25, 0.3) is 5.91 Å². The minimum atomic E-state index is -0.517. The lowest BCUT2D eigenvalue weighted by Gasteiger charge is -2.18. The normalized spacial score (nSPS) is 15.4. The summed E-state index contributed by atoms with van der Waals surface area (Å²) in [5, 5.41) is 0. The van der Waals surface area contributed by atoms with Gasteiger partial charge in [0.15, 0.2) is 0 Å². The lowest BCUT2D eigenvalue weighted by molar-refractivity contribution is -0.136. The molecule has 5 heteroatoms. The molecule has 1 aliphatic rings. The van der Waals surface area contributed by atoms with E-state index in [1.165, 1.54) is 7.11 Å². The number of hydrogen-bond donors (Lipinski definition) is 0. The predicted molar refractivity (Wildman–Crippen MR) is 107 cm³/mol. The maximum Gasteiger partial charge on any atom is 0.340 e. The van der Waals surface area contributed by atoms with Gasteiger partial charge >= 0.3 is 5.97 Å². The fraction of sp³-hybridized carbons (Fsp3) is 0.217. The molecule has 28 heavy (non-hydrogen) atoms. The van der Waals surface area contributed by atoms with Gasteiger partial charge in [-0.3, -0.25) is 4.79 Å². The van der Waals surface area contributed by atoms with E-state index in [0.717, 1.165) is 22.4 Å². The van der Waals surface area contributed by atoms with Crippen molar-refractivity contribution < 1.29 is 19.1 Å². The summed E-state index contributed by atoms with van der Waals surface area (Å²) in [6, 6.07) is 15.3. The van der Waals surface area contributed by atoms with Gasteiger partial charge in [-0.05, 0) is 43.2 Å². The first-order valence-electron chi connectivity index (χ1n) is 8.97. The van der Waals surface area contributed by atoms with E-state index in [0.29, 0.717) is 23.4 Å². The fourth-order valence-electron chi connectivity index (χ4n) is 3.16. The molecule has 144 valence electrons. The maximum absolute atomic E-state index is 13.1. The smallest absolute Gasteiger partial charge is 0.340 e. The van der Waals surface area contributed by atoms with Gasteiger partial charge in [-0.2, -0.15) is 0 Å². The molecule has 0 bridgehead atoms. The van der Waals surface area contributed by atoms with Crippen molar-refractivity contribution in [2.75, 3.05) is 14.2 Å². The molecule has 0 spiro atoms. The number of methoxy groups -OCH3 is 2. The Kier molecular flexibility index (Phi) is 5.64. The number of rotatable bonds is 5. The predicted octanol–water partition coefficient (Wildman–Crippen LogP) is 3.88. The minimum Gasteiger partial charge on any atom is -0.497 e. The van der Waals surface area contributed by atoms with E-state index in [-0.39, 0.29) is 5.91 Å². The van der Waals surface area contributed by atoms with Gasteiger partial charge in [0.1, 0.15) is 5.75 Å². The molecule has 0 N–H and O–H groups in total. The van der Waals surface area contributed by atoms with Crippen molar-refractivity contribution in [3.05, 3.63) is 82.1 Å². The Hall–Kier alpha value is -3.34. The zero-order valence-electron chi connectivity index (χ0n) is 16.5. The van der Waals surface area contributed by atoms with E-state index >= 15 is 0 Å². The topological polar surface area (TPSA) is 55.8 Å². The molecule has 5 nitrogen and oxygen atoms in total. The van der Waals surface area contributed by atoms with Crippen LogP contribution in [0.25, 0.3) is 6.08 Å². The molecule has 1 amide bonds. The summed E-state index contributed by atoms with van der Waals surface area (Å²) >= 11 is 0. The van der Waals surface area contributed by atoms with Crippen molar-refractivity contribution in [3.8, 4) is 5.75 Å². The number of esters is 1. The molecule has 2 aromatic carbocycles. The number of carbonyl (C=O) groups is 2. The zero-order chi connectivity index (χ0) is 20.3. The first-order chi connectivity index (χ1) is 13.4. The number of allylic oxidation sites excluding steroid dienone is 1. The Morgan fingerprint density at radius 1 is 1.00 bits per heavy atom. The van der Waals surface area contributed by atoms with Gasteiger partial charge in [0, 0.05) is 5.70 Å². The third-order valence-electron chi connectivity index (χ3n) is 4.79. The summed E-state index contributed by atoms with van der Waals surface area (Å²) < 4.78 is 10.1. The minimum absolute atomic E-state index is 0.214. The highest BCUT2D eigenvalue weighted by molar-refractivity contribution is 6.16. The molecule has 2 aromatic rings. The molecule has 1 heterocycles. The third kappa shape index (κ3) is 3.83. The van der Waals surface area contributed by atoms with Crippen LogP contribution < -0.4 is 4.74 Å². The first-order valence-corrected chi connectivity index (χ1v) is 8.97. The summed E-state index contributed by atoms with van der Waals surface area (Å²) in [5.74, 6) is -0.00730. The number of hydrogen-bond acceptors (Lipinski definition) is 4. The highest BCUT2D eigenvalue weighted by Crippen LogP contribution is 2.33. The van der Waals surface area contributed by atoms with Crippen LogP contribution in [0.15, 0.2) is 65.4 Å². The van der Waals surface area contributed by atoms with Crippen molar-refractivity contribution in [1.29, 1.82) is 0 Å². The largest absolute Gasteiger partial charge is 0.497 e.